The van der Waals surface area contributed by atoms with Gasteiger partial charge in [-0.25, -0.2) is 9.78 Å². The first-order chi connectivity index (χ1) is 11.4. The molecule has 128 valence electrons. The number of piperazine rings is 1. The highest BCUT2D eigenvalue weighted by Gasteiger charge is 2.25. The number of amides is 3. The summed E-state index contributed by atoms with van der Waals surface area (Å²) in [5.41, 5.74) is 2.37. The van der Waals surface area contributed by atoms with Crippen molar-refractivity contribution in [3.8, 4) is 0 Å². The Morgan fingerprint density at radius 2 is 1.83 bits per heavy atom. The molecule has 1 saturated heterocycles. The number of aryl methyl sites for hydroxylation is 1. The second-order valence-corrected chi connectivity index (χ2v) is 6.44. The molecule has 0 saturated carbocycles. The van der Waals surface area contributed by atoms with E-state index in [4.69, 9.17) is 0 Å². The monoisotopic (exact) mass is 329 g/mol. The second-order valence-electron chi connectivity index (χ2n) is 6.44. The van der Waals surface area contributed by atoms with Crippen LogP contribution in [0.4, 0.5) is 4.79 Å². The number of H-pyrrole nitrogens is 1. The molecule has 0 spiro atoms. The van der Waals surface area contributed by atoms with Gasteiger partial charge in [0.25, 0.3) is 5.91 Å². The molecular weight excluding hydrogens is 306 g/mol. The van der Waals surface area contributed by atoms with Crippen LogP contribution in [0.15, 0.2) is 18.2 Å². The summed E-state index contributed by atoms with van der Waals surface area (Å²) >= 11 is 0. The average Bonchev–Trinajstić information content (AvgIpc) is 2.92. The summed E-state index contributed by atoms with van der Waals surface area (Å²) < 4.78 is 0. The van der Waals surface area contributed by atoms with E-state index in [1.807, 2.05) is 39.0 Å². The largest absolute Gasteiger partial charge is 0.342 e. The Bertz CT molecular complexity index is 759. The van der Waals surface area contributed by atoms with E-state index < -0.39 is 0 Å². The molecule has 7 nitrogen and oxygen atoms in total. The lowest BCUT2D eigenvalue weighted by Gasteiger charge is -2.35. The van der Waals surface area contributed by atoms with Crippen LogP contribution in [0.5, 0.6) is 0 Å². The molecule has 0 radical (unpaired) electrons. The summed E-state index contributed by atoms with van der Waals surface area (Å²) in [6, 6.07) is 5.56. The minimum Gasteiger partial charge on any atom is -0.342 e. The summed E-state index contributed by atoms with van der Waals surface area (Å²) in [4.78, 5) is 35.7. The number of aromatic amines is 1. The lowest BCUT2D eigenvalue weighted by molar-refractivity contribution is 0.0664. The molecule has 0 atom stereocenters. The van der Waals surface area contributed by atoms with Gasteiger partial charge < -0.3 is 20.1 Å². The average molecular weight is 329 g/mol. The number of aromatic nitrogens is 2. The molecule has 1 aliphatic heterocycles. The van der Waals surface area contributed by atoms with Gasteiger partial charge in [0.2, 0.25) is 0 Å². The van der Waals surface area contributed by atoms with Crippen LogP contribution >= 0.6 is 0 Å². The molecule has 1 fully saturated rings. The Hall–Kier alpha value is -2.57. The minimum atomic E-state index is -0.0635. The molecule has 24 heavy (non-hydrogen) atoms. The number of nitrogens with one attached hydrogen (secondary N) is 2. The van der Waals surface area contributed by atoms with Crippen LogP contribution in [-0.4, -0.2) is 63.9 Å². The van der Waals surface area contributed by atoms with Gasteiger partial charge in [0.15, 0.2) is 0 Å². The summed E-state index contributed by atoms with van der Waals surface area (Å²) in [7, 11) is 0. The van der Waals surface area contributed by atoms with E-state index in [-0.39, 0.29) is 18.0 Å². The van der Waals surface area contributed by atoms with E-state index in [1.165, 1.54) is 0 Å². The first-order valence-electron chi connectivity index (χ1n) is 8.25. The number of fused-ring (bicyclic) bond motifs is 1. The van der Waals surface area contributed by atoms with Crippen molar-refractivity contribution in [2.75, 3.05) is 26.2 Å². The van der Waals surface area contributed by atoms with Gasteiger partial charge in [-0.05, 0) is 39.0 Å². The first kappa shape index (κ1) is 16.3. The third kappa shape index (κ3) is 3.34. The Morgan fingerprint density at radius 1 is 1.17 bits per heavy atom. The number of urea groups is 1. The molecule has 3 amide bonds. The van der Waals surface area contributed by atoms with Gasteiger partial charge in [-0.3, -0.25) is 4.79 Å². The first-order valence-corrected chi connectivity index (χ1v) is 8.25. The molecule has 7 heteroatoms. The fraction of sp³-hybridized carbons (Fsp3) is 0.471. The van der Waals surface area contributed by atoms with E-state index >= 15 is 0 Å². The Labute approximate surface area is 141 Å². The van der Waals surface area contributed by atoms with Crippen LogP contribution in [0.2, 0.25) is 0 Å². The van der Waals surface area contributed by atoms with Crippen LogP contribution < -0.4 is 5.32 Å². The molecule has 2 aromatic rings. The zero-order valence-electron chi connectivity index (χ0n) is 14.3. The van der Waals surface area contributed by atoms with Crippen molar-refractivity contribution in [2.24, 2.45) is 0 Å². The fourth-order valence-electron chi connectivity index (χ4n) is 2.90. The van der Waals surface area contributed by atoms with Gasteiger partial charge in [-0.15, -0.1) is 0 Å². The Balaban J connectivity index is 1.64. The van der Waals surface area contributed by atoms with E-state index in [9.17, 15) is 9.59 Å². The van der Waals surface area contributed by atoms with E-state index in [1.54, 1.807) is 9.80 Å². The standard InChI is InChI=1S/C17H23N5O2/c1-11(2)18-17(24)22-8-6-21(7-9-22)16(23)13-4-5-14-15(10-13)20-12(3)19-14/h4-5,10-11H,6-9H2,1-3H3,(H,18,24)(H,19,20). The number of imidazole rings is 1. The Kier molecular flexibility index (Phi) is 4.42. The minimum absolute atomic E-state index is 0.00642. The maximum Gasteiger partial charge on any atom is 0.317 e. The van der Waals surface area contributed by atoms with Crippen molar-refractivity contribution in [1.82, 2.24) is 25.1 Å². The van der Waals surface area contributed by atoms with Crippen molar-refractivity contribution in [1.29, 1.82) is 0 Å². The van der Waals surface area contributed by atoms with Gasteiger partial charge in [-0.2, -0.15) is 0 Å². The van der Waals surface area contributed by atoms with Crippen LogP contribution in [0.1, 0.15) is 30.0 Å². The molecule has 1 aromatic heterocycles. The van der Waals surface area contributed by atoms with Crippen LogP contribution in [0.3, 0.4) is 0 Å². The highest BCUT2D eigenvalue weighted by atomic mass is 16.2. The molecule has 1 aliphatic rings. The van der Waals surface area contributed by atoms with Gasteiger partial charge >= 0.3 is 6.03 Å². The van der Waals surface area contributed by atoms with Gasteiger partial charge in [0.1, 0.15) is 5.82 Å². The van der Waals surface area contributed by atoms with Crippen molar-refractivity contribution >= 4 is 23.0 Å². The molecule has 0 unspecified atom stereocenters. The zero-order chi connectivity index (χ0) is 17.3. The third-order valence-corrected chi connectivity index (χ3v) is 4.11. The molecule has 0 bridgehead atoms. The second kappa shape index (κ2) is 6.51. The third-order valence-electron chi connectivity index (χ3n) is 4.11. The molecule has 2 heterocycles. The number of hydrogen-bond acceptors (Lipinski definition) is 3. The van der Waals surface area contributed by atoms with Gasteiger partial charge in [0.05, 0.1) is 11.0 Å². The molecular formula is C17H23N5O2. The van der Waals surface area contributed by atoms with Crippen LogP contribution in [0.25, 0.3) is 11.0 Å². The lowest BCUT2D eigenvalue weighted by atomic mass is 10.1. The number of hydrogen-bond donors (Lipinski definition) is 2. The topological polar surface area (TPSA) is 81.3 Å². The predicted octanol–water partition coefficient (Wildman–Crippen LogP) is 1.75. The zero-order valence-corrected chi connectivity index (χ0v) is 14.3. The Morgan fingerprint density at radius 3 is 2.50 bits per heavy atom. The van der Waals surface area contributed by atoms with E-state index in [2.05, 4.69) is 15.3 Å². The number of carbonyl (C=O) groups is 2. The van der Waals surface area contributed by atoms with Crippen molar-refractivity contribution in [2.45, 2.75) is 26.8 Å². The molecule has 1 aromatic carbocycles. The van der Waals surface area contributed by atoms with Crippen molar-refractivity contribution in [3.63, 3.8) is 0 Å². The summed E-state index contributed by atoms with van der Waals surface area (Å²) in [5, 5.41) is 2.88. The normalized spacial score (nSPS) is 15.2. The van der Waals surface area contributed by atoms with Crippen molar-refractivity contribution in [3.05, 3.63) is 29.6 Å². The smallest absolute Gasteiger partial charge is 0.317 e. The number of carbonyl (C=O) groups excluding carboxylic acids is 2. The van der Waals surface area contributed by atoms with Crippen molar-refractivity contribution < 1.29 is 9.59 Å². The highest BCUT2D eigenvalue weighted by Crippen LogP contribution is 2.16. The molecule has 3 rings (SSSR count). The van der Waals surface area contributed by atoms with E-state index in [0.29, 0.717) is 31.7 Å². The lowest BCUT2D eigenvalue weighted by Crippen LogP contribution is -2.54. The number of benzene rings is 1. The summed E-state index contributed by atoms with van der Waals surface area (Å²) in [6.45, 7) is 7.96. The highest BCUT2D eigenvalue weighted by molar-refractivity contribution is 5.97. The van der Waals surface area contributed by atoms with Gasteiger partial charge in [0, 0.05) is 37.8 Å². The maximum absolute atomic E-state index is 12.7. The fourth-order valence-corrected chi connectivity index (χ4v) is 2.90. The number of rotatable bonds is 2. The predicted molar refractivity (Wildman–Crippen MR) is 92.0 cm³/mol. The van der Waals surface area contributed by atoms with Crippen LogP contribution in [-0.2, 0) is 0 Å². The SMILES string of the molecule is Cc1nc2ccc(C(=O)N3CCN(C(=O)NC(C)C)CC3)cc2[nH]1. The maximum atomic E-state index is 12.7. The number of nitrogens with zero attached hydrogens (tertiary/aromatic N) is 3. The van der Waals surface area contributed by atoms with E-state index in [0.717, 1.165) is 16.9 Å². The molecule has 0 aliphatic carbocycles. The summed E-state index contributed by atoms with van der Waals surface area (Å²) in [5.74, 6) is 0.826. The van der Waals surface area contributed by atoms with Gasteiger partial charge in [-0.1, -0.05) is 0 Å². The molecule has 2 N–H and O–H groups in total. The van der Waals surface area contributed by atoms with Crippen LogP contribution in [0, 0.1) is 6.92 Å². The summed E-state index contributed by atoms with van der Waals surface area (Å²) in [6.07, 6.45) is 0. The quantitative estimate of drug-likeness (QED) is 0.881.